The molecule has 0 saturated carbocycles. The molecule has 0 aliphatic carbocycles. The quantitative estimate of drug-likeness (QED) is 0.405. The van der Waals surface area contributed by atoms with E-state index in [1.807, 2.05) is 47.4 Å². The molecule has 1 aliphatic heterocycles. The highest BCUT2D eigenvalue weighted by molar-refractivity contribution is 5.94. The molecule has 5 rings (SSSR count). The monoisotopic (exact) mass is 456 g/mol. The normalized spacial score (nSPS) is 14.4. The summed E-state index contributed by atoms with van der Waals surface area (Å²) >= 11 is 0. The van der Waals surface area contributed by atoms with Crippen LogP contribution in [0.3, 0.4) is 0 Å². The van der Waals surface area contributed by atoms with Gasteiger partial charge in [0.25, 0.3) is 5.91 Å². The number of para-hydroxylation sites is 1. The van der Waals surface area contributed by atoms with Crippen LogP contribution in [0.25, 0.3) is 22.1 Å². The minimum Gasteiger partial charge on any atom is -0.497 e. The van der Waals surface area contributed by atoms with E-state index in [1.54, 1.807) is 20.3 Å². The van der Waals surface area contributed by atoms with E-state index in [9.17, 15) is 4.79 Å². The Morgan fingerprint density at radius 3 is 2.50 bits per heavy atom. The fourth-order valence-electron chi connectivity index (χ4n) is 4.50. The molecule has 2 heterocycles. The lowest BCUT2D eigenvalue weighted by Gasteiger charge is -2.34. The fraction of sp³-hybridized carbons (Fsp3) is 0.250. The molecule has 34 heavy (non-hydrogen) atoms. The van der Waals surface area contributed by atoms with Gasteiger partial charge in [0, 0.05) is 42.7 Å². The first kappa shape index (κ1) is 22.0. The third kappa shape index (κ3) is 4.50. The summed E-state index contributed by atoms with van der Waals surface area (Å²) in [6.45, 7) is 3.71. The molecule has 1 saturated heterocycles. The summed E-state index contributed by atoms with van der Waals surface area (Å²) in [5, 5.41) is 1.07. The van der Waals surface area contributed by atoms with Crippen LogP contribution in [0.4, 0.5) is 0 Å². The number of amides is 1. The Kier molecular flexibility index (Phi) is 6.23. The number of ether oxygens (including phenoxy) is 2. The lowest BCUT2D eigenvalue weighted by molar-refractivity contribution is 0.0620. The summed E-state index contributed by atoms with van der Waals surface area (Å²) in [6.07, 6.45) is 0. The number of methoxy groups -OCH3 is 2. The lowest BCUT2D eigenvalue weighted by atomic mass is 10.0. The highest BCUT2D eigenvalue weighted by Gasteiger charge is 2.23. The van der Waals surface area contributed by atoms with Crippen LogP contribution in [0, 0.1) is 0 Å². The van der Waals surface area contributed by atoms with Gasteiger partial charge in [0.1, 0.15) is 22.8 Å². The maximum Gasteiger partial charge on any atom is 0.254 e. The SMILES string of the molecule is COc1cccc(C(=O)N2CCN(Cc3cc4cc(-c5ccccc5OC)ccc4o3)CC2)c1. The van der Waals surface area contributed by atoms with Gasteiger partial charge in [-0.25, -0.2) is 0 Å². The highest BCUT2D eigenvalue weighted by Crippen LogP contribution is 2.32. The smallest absolute Gasteiger partial charge is 0.254 e. The Morgan fingerprint density at radius 2 is 1.71 bits per heavy atom. The van der Waals surface area contributed by atoms with Gasteiger partial charge in [0.05, 0.1) is 20.8 Å². The molecule has 0 atom stereocenters. The number of nitrogens with zero attached hydrogens (tertiary/aromatic N) is 2. The van der Waals surface area contributed by atoms with Crippen molar-refractivity contribution in [3.8, 4) is 22.6 Å². The largest absolute Gasteiger partial charge is 0.497 e. The minimum atomic E-state index is 0.0474. The Labute approximate surface area is 199 Å². The first-order chi connectivity index (χ1) is 16.6. The van der Waals surface area contributed by atoms with Crippen molar-refractivity contribution in [2.75, 3.05) is 40.4 Å². The van der Waals surface area contributed by atoms with Crippen molar-refractivity contribution in [2.45, 2.75) is 6.54 Å². The number of hydrogen-bond donors (Lipinski definition) is 0. The second-order valence-electron chi connectivity index (χ2n) is 8.47. The maximum atomic E-state index is 12.9. The second-order valence-corrected chi connectivity index (χ2v) is 8.47. The van der Waals surface area contributed by atoms with Crippen LogP contribution in [0.1, 0.15) is 16.1 Å². The summed E-state index contributed by atoms with van der Waals surface area (Å²) in [6, 6.07) is 23.7. The number of rotatable bonds is 6. The molecule has 1 amide bonds. The Morgan fingerprint density at radius 1 is 0.882 bits per heavy atom. The fourth-order valence-corrected chi connectivity index (χ4v) is 4.50. The molecule has 1 aromatic heterocycles. The molecule has 1 fully saturated rings. The Balaban J connectivity index is 1.24. The maximum absolute atomic E-state index is 12.9. The van der Waals surface area contributed by atoms with Gasteiger partial charge in [-0.05, 0) is 48.0 Å². The molecule has 3 aromatic carbocycles. The van der Waals surface area contributed by atoms with Gasteiger partial charge in [-0.2, -0.15) is 0 Å². The van der Waals surface area contributed by atoms with Crippen molar-refractivity contribution >= 4 is 16.9 Å². The zero-order valence-corrected chi connectivity index (χ0v) is 19.5. The molecule has 0 radical (unpaired) electrons. The van der Waals surface area contributed by atoms with Crippen LogP contribution in [0.2, 0.25) is 0 Å². The lowest BCUT2D eigenvalue weighted by Crippen LogP contribution is -2.48. The number of benzene rings is 3. The second kappa shape index (κ2) is 9.61. The molecule has 6 heteroatoms. The minimum absolute atomic E-state index is 0.0474. The van der Waals surface area contributed by atoms with Gasteiger partial charge in [-0.3, -0.25) is 9.69 Å². The van der Waals surface area contributed by atoms with Crippen molar-refractivity contribution < 1.29 is 18.7 Å². The van der Waals surface area contributed by atoms with E-state index in [-0.39, 0.29) is 5.91 Å². The molecular formula is C28H28N2O4. The topological polar surface area (TPSA) is 55.2 Å². The third-order valence-electron chi connectivity index (χ3n) is 6.34. The zero-order valence-electron chi connectivity index (χ0n) is 19.5. The van der Waals surface area contributed by atoms with Crippen molar-refractivity contribution in [3.05, 3.63) is 84.1 Å². The summed E-state index contributed by atoms with van der Waals surface area (Å²) in [7, 11) is 3.30. The molecule has 1 aliphatic rings. The summed E-state index contributed by atoms with van der Waals surface area (Å²) < 4.78 is 16.9. The van der Waals surface area contributed by atoms with Crippen LogP contribution in [0.15, 0.2) is 77.2 Å². The van der Waals surface area contributed by atoms with Crippen molar-refractivity contribution in [1.82, 2.24) is 9.80 Å². The first-order valence-corrected chi connectivity index (χ1v) is 11.5. The number of furan rings is 1. The molecule has 0 bridgehead atoms. The van der Waals surface area contributed by atoms with E-state index < -0.39 is 0 Å². The van der Waals surface area contributed by atoms with E-state index in [0.29, 0.717) is 24.4 Å². The van der Waals surface area contributed by atoms with Crippen LogP contribution >= 0.6 is 0 Å². The molecule has 0 spiro atoms. The van der Waals surface area contributed by atoms with Crippen LogP contribution in [0.5, 0.6) is 11.5 Å². The van der Waals surface area contributed by atoms with Crippen molar-refractivity contribution in [2.24, 2.45) is 0 Å². The summed E-state index contributed by atoms with van der Waals surface area (Å²) in [4.78, 5) is 17.1. The predicted molar refractivity (Wildman–Crippen MR) is 132 cm³/mol. The van der Waals surface area contributed by atoms with Crippen molar-refractivity contribution in [3.63, 3.8) is 0 Å². The summed E-state index contributed by atoms with van der Waals surface area (Å²) in [5.74, 6) is 2.53. The molecular weight excluding hydrogens is 428 g/mol. The molecule has 0 N–H and O–H groups in total. The van der Waals surface area contributed by atoms with Crippen molar-refractivity contribution in [1.29, 1.82) is 0 Å². The van der Waals surface area contributed by atoms with E-state index in [4.69, 9.17) is 13.9 Å². The van der Waals surface area contributed by atoms with Crippen LogP contribution < -0.4 is 9.47 Å². The van der Waals surface area contributed by atoms with E-state index in [2.05, 4.69) is 29.2 Å². The van der Waals surface area contributed by atoms with Crippen LogP contribution in [-0.2, 0) is 6.54 Å². The number of carbonyl (C=O) groups is 1. The molecule has 4 aromatic rings. The molecule has 0 unspecified atom stereocenters. The number of carbonyl (C=O) groups excluding carboxylic acids is 1. The van der Waals surface area contributed by atoms with Gasteiger partial charge in [-0.15, -0.1) is 0 Å². The van der Waals surface area contributed by atoms with Gasteiger partial charge < -0.3 is 18.8 Å². The van der Waals surface area contributed by atoms with E-state index in [0.717, 1.165) is 53.2 Å². The zero-order chi connectivity index (χ0) is 23.5. The third-order valence-corrected chi connectivity index (χ3v) is 6.34. The van der Waals surface area contributed by atoms with E-state index >= 15 is 0 Å². The average Bonchev–Trinajstić information content (AvgIpc) is 3.30. The van der Waals surface area contributed by atoms with Crippen LogP contribution in [-0.4, -0.2) is 56.1 Å². The summed E-state index contributed by atoms with van der Waals surface area (Å²) in [5.41, 5.74) is 3.70. The van der Waals surface area contributed by atoms with Gasteiger partial charge in [-0.1, -0.05) is 30.3 Å². The Hall–Kier alpha value is -3.77. The van der Waals surface area contributed by atoms with Gasteiger partial charge in [0.2, 0.25) is 0 Å². The standard InChI is InChI=1S/C28H28N2O4/c1-32-23-7-5-6-21(17-23)28(31)30-14-12-29(13-15-30)19-24-18-22-16-20(10-11-26(22)34-24)25-8-3-4-9-27(25)33-2/h3-11,16-18H,12-15,19H2,1-2H3. The highest BCUT2D eigenvalue weighted by atomic mass is 16.5. The first-order valence-electron chi connectivity index (χ1n) is 11.5. The number of piperazine rings is 1. The van der Waals surface area contributed by atoms with Gasteiger partial charge in [0.15, 0.2) is 0 Å². The average molecular weight is 457 g/mol. The van der Waals surface area contributed by atoms with E-state index in [1.165, 1.54) is 0 Å². The molecule has 174 valence electrons. The molecule has 6 nitrogen and oxygen atoms in total. The Bertz CT molecular complexity index is 1300. The predicted octanol–water partition coefficient (Wildman–Crippen LogP) is 5.08. The number of fused-ring (bicyclic) bond motifs is 1. The van der Waals surface area contributed by atoms with Gasteiger partial charge >= 0.3 is 0 Å². The number of hydrogen-bond acceptors (Lipinski definition) is 5.